The maximum atomic E-state index is 8.76. The van der Waals surface area contributed by atoms with Crippen LogP contribution in [0.5, 0.6) is 0 Å². The van der Waals surface area contributed by atoms with Crippen molar-refractivity contribution >= 4 is 5.69 Å². The van der Waals surface area contributed by atoms with Gasteiger partial charge >= 0.3 is 0 Å². The minimum atomic E-state index is 0.609. The zero-order chi connectivity index (χ0) is 13.1. The Balaban J connectivity index is 2.13. The molecule has 0 atom stereocenters. The molecule has 0 bridgehead atoms. The lowest BCUT2D eigenvalue weighted by Gasteiger charge is -2.35. The summed E-state index contributed by atoms with van der Waals surface area (Å²) in [5.74, 6) is 0.609. The molecule has 0 amide bonds. The van der Waals surface area contributed by atoms with Gasteiger partial charge in [0.15, 0.2) is 0 Å². The lowest BCUT2D eigenvalue weighted by Crippen LogP contribution is -2.34. The quantitative estimate of drug-likeness (QED) is 0.790. The molecular formula is C16H22N2. The minimum absolute atomic E-state index is 0.609. The van der Waals surface area contributed by atoms with Gasteiger partial charge in [-0.1, -0.05) is 17.7 Å². The molecule has 1 aliphatic heterocycles. The van der Waals surface area contributed by atoms with Crippen LogP contribution in [0.3, 0.4) is 0 Å². The van der Waals surface area contributed by atoms with E-state index in [0.29, 0.717) is 5.92 Å². The van der Waals surface area contributed by atoms with Crippen molar-refractivity contribution in [2.24, 2.45) is 5.92 Å². The second kappa shape index (κ2) is 5.44. The van der Waals surface area contributed by atoms with E-state index < -0.39 is 0 Å². The van der Waals surface area contributed by atoms with Crippen molar-refractivity contribution in [1.29, 1.82) is 5.26 Å². The number of nitrogens with zero attached hydrogens (tertiary/aromatic N) is 2. The Morgan fingerprint density at radius 2 is 1.72 bits per heavy atom. The van der Waals surface area contributed by atoms with Gasteiger partial charge in [-0.15, -0.1) is 0 Å². The predicted octanol–water partition coefficient (Wildman–Crippen LogP) is 3.74. The second-order valence-corrected chi connectivity index (χ2v) is 5.54. The number of aryl methyl sites for hydroxylation is 3. The van der Waals surface area contributed by atoms with Crippen LogP contribution in [-0.2, 0) is 0 Å². The molecule has 1 aromatic rings. The highest BCUT2D eigenvalue weighted by Gasteiger charge is 2.21. The van der Waals surface area contributed by atoms with Gasteiger partial charge < -0.3 is 4.90 Å². The van der Waals surface area contributed by atoms with E-state index in [1.54, 1.807) is 0 Å². The Morgan fingerprint density at radius 3 is 2.22 bits per heavy atom. The van der Waals surface area contributed by atoms with Gasteiger partial charge in [-0.25, -0.2) is 0 Å². The van der Waals surface area contributed by atoms with Crippen molar-refractivity contribution in [2.75, 3.05) is 18.0 Å². The molecule has 0 aliphatic carbocycles. The topological polar surface area (TPSA) is 27.0 Å². The molecule has 0 N–H and O–H groups in total. The summed E-state index contributed by atoms with van der Waals surface area (Å²) in [6.07, 6.45) is 3.03. The summed E-state index contributed by atoms with van der Waals surface area (Å²) in [6, 6.07) is 6.84. The molecule has 1 saturated heterocycles. The molecule has 0 saturated carbocycles. The van der Waals surface area contributed by atoms with Crippen LogP contribution < -0.4 is 4.90 Å². The molecule has 1 fully saturated rings. The van der Waals surface area contributed by atoms with Crippen LogP contribution in [0.1, 0.15) is 36.0 Å². The van der Waals surface area contributed by atoms with Gasteiger partial charge in [0.2, 0.25) is 0 Å². The number of benzene rings is 1. The van der Waals surface area contributed by atoms with E-state index in [2.05, 4.69) is 43.9 Å². The molecule has 1 aliphatic rings. The average Bonchev–Trinajstić information content (AvgIpc) is 2.30. The SMILES string of the molecule is Cc1cc(C)c(N2CCC(CC#N)CC2)c(C)c1. The van der Waals surface area contributed by atoms with E-state index in [1.165, 1.54) is 22.4 Å². The van der Waals surface area contributed by atoms with Gasteiger partial charge in [-0.3, -0.25) is 0 Å². The van der Waals surface area contributed by atoms with E-state index >= 15 is 0 Å². The highest BCUT2D eigenvalue weighted by Crippen LogP contribution is 2.30. The molecule has 0 aromatic heterocycles. The summed E-state index contributed by atoms with van der Waals surface area (Å²) in [5, 5.41) is 8.76. The lowest BCUT2D eigenvalue weighted by molar-refractivity contribution is 0.412. The van der Waals surface area contributed by atoms with E-state index in [4.69, 9.17) is 5.26 Å². The third-order valence-electron chi connectivity index (χ3n) is 3.95. The van der Waals surface area contributed by atoms with Gasteiger partial charge in [-0.05, 0) is 50.7 Å². The number of nitriles is 1. The van der Waals surface area contributed by atoms with Crippen LogP contribution in [0.25, 0.3) is 0 Å². The summed E-state index contributed by atoms with van der Waals surface area (Å²) in [7, 11) is 0. The molecule has 0 spiro atoms. The third kappa shape index (κ3) is 2.67. The maximum absolute atomic E-state index is 8.76. The van der Waals surface area contributed by atoms with Gasteiger partial charge in [0.05, 0.1) is 6.07 Å². The summed E-state index contributed by atoms with van der Waals surface area (Å²) >= 11 is 0. The Hall–Kier alpha value is -1.49. The van der Waals surface area contributed by atoms with E-state index in [9.17, 15) is 0 Å². The Bertz CT molecular complexity index is 439. The van der Waals surface area contributed by atoms with E-state index in [0.717, 1.165) is 32.4 Å². The molecule has 1 aromatic carbocycles. The first-order valence-electron chi connectivity index (χ1n) is 6.81. The maximum Gasteiger partial charge on any atom is 0.0624 e. The molecule has 18 heavy (non-hydrogen) atoms. The highest BCUT2D eigenvalue weighted by molar-refractivity contribution is 5.60. The molecule has 1 heterocycles. The van der Waals surface area contributed by atoms with Gasteiger partial charge in [0.25, 0.3) is 0 Å². The summed E-state index contributed by atoms with van der Waals surface area (Å²) in [6.45, 7) is 8.75. The first kappa shape index (κ1) is 13.0. The first-order valence-corrected chi connectivity index (χ1v) is 6.81. The number of hydrogen-bond donors (Lipinski definition) is 0. The zero-order valence-corrected chi connectivity index (χ0v) is 11.7. The van der Waals surface area contributed by atoms with Crippen molar-refractivity contribution in [3.05, 3.63) is 28.8 Å². The molecule has 0 unspecified atom stereocenters. The van der Waals surface area contributed by atoms with Gasteiger partial charge in [0, 0.05) is 25.2 Å². The second-order valence-electron chi connectivity index (χ2n) is 5.54. The Kier molecular flexibility index (Phi) is 3.91. The predicted molar refractivity (Wildman–Crippen MR) is 75.8 cm³/mol. The molecule has 2 heteroatoms. The van der Waals surface area contributed by atoms with Crippen LogP contribution in [0.15, 0.2) is 12.1 Å². The third-order valence-corrected chi connectivity index (χ3v) is 3.95. The van der Waals surface area contributed by atoms with E-state index in [1.807, 2.05) is 0 Å². The van der Waals surface area contributed by atoms with Crippen molar-refractivity contribution in [1.82, 2.24) is 0 Å². The van der Waals surface area contributed by atoms with Crippen LogP contribution in [0.2, 0.25) is 0 Å². The van der Waals surface area contributed by atoms with Crippen molar-refractivity contribution in [3.63, 3.8) is 0 Å². The summed E-state index contributed by atoms with van der Waals surface area (Å²) < 4.78 is 0. The smallest absolute Gasteiger partial charge is 0.0624 e. The fourth-order valence-electron chi connectivity index (χ4n) is 3.16. The van der Waals surface area contributed by atoms with Crippen molar-refractivity contribution in [2.45, 2.75) is 40.0 Å². The molecule has 2 nitrogen and oxygen atoms in total. The number of rotatable bonds is 2. The number of piperidine rings is 1. The van der Waals surface area contributed by atoms with Crippen molar-refractivity contribution < 1.29 is 0 Å². The molecular weight excluding hydrogens is 220 g/mol. The largest absolute Gasteiger partial charge is 0.371 e. The van der Waals surface area contributed by atoms with Crippen LogP contribution in [-0.4, -0.2) is 13.1 Å². The van der Waals surface area contributed by atoms with Crippen molar-refractivity contribution in [3.8, 4) is 6.07 Å². The normalized spacial score (nSPS) is 16.7. The summed E-state index contributed by atoms with van der Waals surface area (Å²) in [4.78, 5) is 2.50. The van der Waals surface area contributed by atoms with Gasteiger partial charge in [-0.2, -0.15) is 5.26 Å². The van der Waals surface area contributed by atoms with Crippen LogP contribution >= 0.6 is 0 Å². The first-order chi connectivity index (χ1) is 8.61. The Labute approximate surface area is 110 Å². The number of hydrogen-bond acceptors (Lipinski definition) is 2. The van der Waals surface area contributed by atoms with E-state index in [-0.39, 0.29) is 0 Å². The fraction of sp³-hybridized carbons (Fsp3) is 0.562. The van der Waals surface area contributed by atoms with Gasteiger partial charge in [0.1, 0.15) is 0 Å². The lowest BCUT2D eigenvalue weighted by atomic mass is 9.93. The fourth-order valence-corrected chi connectivity index (χ4v) is 3.16. The molecule has 0 radical (unpaired) electrons. The highest BCUT2D eigenvalue weighted by atomic mass is 15.1. The average molecular weight is 242 g/mol. The Morgan fingerprint density at radius 1 is 1.17 bits per heavy atom. The zero-order valence-electron chi connectivity index (χ0n) is 11.7. The number of anilines is 1. The summed E-state index contributed by atoms with van der Waals surface area (Å²) in [5.41, 5.74) is 5.52. The van der Waals surface area contributed by atoms with Crippen LogP contribution in [0, 0.1) is 38.0 Å². The molecule has 2 rings (SSSR count). The molecule has 96 valence electrons. The minimum Gasteiger partial charge on any atom is -0.371 e. The van der Waals surface area contributed by atoms with Crippen LogP contribution in [0.4, 0.5) is 5.69 Å². The standard InChI is InChI=1S/C16H22N2/c1-12-10-13(2)16(14(3)11-12)18-8-5-15(4-7-17)6-9-18/h10-11,15H,4-6,8-9H2,1-3H3. The monoisotopic (exact) mass is 242 g/mol.